The van der Waals surface area contributed by atoms with Gasteiger partial charge in [-0.3, -0.25) is 19.9 Å². The minimum absolute atomic E-state index is 0.110. The summed E-state index contributed by atoms with van der Waals surface area (Å²) in [6.45, 7) is 14.4. The number of anilines is 4. The molecule has 1 aliphatic heterocycles. The fourth-order valence-electron chi connectivity index (χ4n) is 4.77. The van der Waals surface area contributed by atoms with E-state index in [1.807, 2.05) is 110 Å². The van der Waals surface area contributed by atoms with Gasteiger partial charge >= 0.3 is 0 Å². The average Bonchev–Trinajstić information content (AvgIpc) is 3.72. The van der Waals surface area contributed by atoms with Crippen LogP contribution in [0.3, 0.4) is 0 Å². The molecule has 0 atom stereocenters. The third-order valence-electron chi connectivity index (χ3n) is 7.14. The molecule has 11 nitrogen and oxygen atoms in total. The van der Waals surface area contributed by atoms with Crippen molar-refractivity contribution < 1.29 is 4.79 Å². The fraction of sp³-hybridized carbons (Fsp3) is 0.361. The molecule has 0 bridgehead atoms. The maximum Gasteiger partial charge on any atom is 0.253 e. The van der Waals surface area contributed by atoms with E-state index in [0.717, 1.165) is 90.3 Å². The smallest absolute Gasteiger partial charge is 0.253 e. The van der Waals surface area contributed by atoms with E-state index >= 15 is 0 Å². The molecular formula is C36H47ClN10O. The van der Waals surface area contributed by atoms with Crippen molar-refractivity contribution in [3.05, 3.63) is 107 Å². The van der Waals surface area contributed by atoms with Gasteiger partial charge in [0.25, 0.3) is 5.91 Å². The molecule has 5 aromatic rings. The highest BCUT2D eigenvalue weighted by Crippen LogP contribution is 2.20. The first-order valence-corrected chi connectivity index (χ1v) is 16.7. The summed E-state index contributed by atoms with van der Waals surface area (Å²) in [6, 6.07) is 25.1. The van der Waals surface area contributed by atoms with Crippen LogP contribution >= 0.6 is 11.6 Å². The number of piperazine rings is 1. The first-order valence-electron chi connectivity index (χ1n) is 16.2. The minimum Gasteiger partial charge on any atom is -0.336 e. The second-order valence-electron chi connectivity index (χ2n) is 12.3. The van der Waals surface area contributed by atoms with Crippen molar-refractivity contribution in [2.75, 3.05) is 43.4 Å². The maximum absolute atomic E-state index is 12.6. The van der Waals surface area contributed by atoms with Gasteiger partial charge in [0.05, 0.1) is 17.3 Å². The molecule has 0 unspecified atom stereocenters. The zero-order chi connectivity index (χ0) is 34.5. The van der Waals surface area contributed by atoms with Gasteiger partial charge in [-0.25, -0.2) is 9.97 Å². The van der Waals surface area contributed by atoms with Gasteiger partial charge < -0.3 is 15.1 Å². The fourth-order valence-corrected chi connectivity index (χ4v) is 4.92. The lowest BCUT2D eigenvalue weighted by Crippen LogP contribution is -2.48. The Morgan fingerprint density at radius 2 is 1.46 bits per heavy atom. The molecule has 5 heterocycles. The van der Waals surface area contributed by atoms with E-state index in [0.29, 0.717) is 5.88 Å². The average molecular weight is 671 g/mol. The van der Waals surface area contributed by atoms with Gasteiger partial charge in [0.2, 0.25) is 0 Å². The van der Waals surface area contributed by atoms with Gasteiger partial charge in [-0.05, 0) is 56.2 Å². The molecule has 0 radical (unpaired) electrons. The number of hydrogen-bond acceptors (Lipinski definition) is 8. The number of hydrogen-bond donors (Lipinski definition) is 3. The second-order valence-corrected chi connectivity index (χ2v) is 12.6. The first-order chi connectivity index (χ1) is 23.1. The third-order valence-corrected chi connectivity index (χ3v) is 7.42. The Bertz CT molecular complexity index is 1690. The van der Waals surface area contributed by atoms with Gasteiger partial charge in [0.1, 0.15) is 11.6 Å². The maximum atomic E-state index is 12.6. The predicted molar refractivity (Wildman–Crippen MR) is 194 cm³/mol. The lowest BCUT2D eigenvalue weighted by atomic mass is 10.2. The number of amides is 1. The molecule has 1 amide bonds. The number of nitrogens with one attached hydrogen (secondary N) is 3. The Labute approximate surface area is 288 Å². The van der Waals surface area contributed by atoms with E-state index in [4.69, 9.17) is 11.6 Å². The van der Waals surface area contributed by atoms with Crippen LogP contribution in [-0.4, -0.2) is 79.3 Å². The van der Waals surface area contributed by atoms with Crippen LogP contribution in [0.4, 0.5) is 23.3 Å². The summed E-state index contributed by atoms with van der Waals surface area (Å²) in [7, 11) is 1.93. The van der Waals surface area contributed by atoms with Crippen molar-refractivity contribution in [3.8, 4) is 0 Å². The highest BCUT2D eigenvalue weighted by molar-refractivity contribution is 6.16. The van der Waals surface area contributed by atoms with Gasteiger partial charge in [0.15, 0.2) is 11.6 Å². The molecule has 0 saturated carbocycles. The number of benzene rings is 1. The van der Waals surface area contributed by atoms with Crippen LogP contribution in [0.2, 0.25) is 0 Å². The number of rotatable bonds is 8. The Morgan fingerprint density at radius 3 is 2.08 bits per heavy atom. The molecule has 6 rings (SSSR count). The van der Waals surface area contributed by atoms with Crippen LogP contribution in [0.25, 0.3) is 0 Å². The molecule has 4 aromatic heterocycles. The van der Waals surface area contributed by atoms with Gasteiger partial charge in [-0.15, -0.1) is 11.6 Å². The van der Waals surface area contributed by atoms with Crippen molar-refractivity contribution in [1.29, 1.82) is 0 Å². The van der Waals surface area contributed by atoms with E-state index < -0.39 is 0 Å². The number of H-pyrrole nitrogens is 2. The molecule has 12 heteroatoms. The number of alkyl halides is 1. The normalized spacial score (nSPS) is 12.9. The summed E-state index contributed by atoms with van der Waals surface area (Å²) >= 11 is 5.75. The monoisotopic (exact) mass is 670 g/mol. The van der Waals surface area contributed by atoms with Crippen LogP contribution < -0.4 is 10.2 Å². The molecule has 254 valence electrons. The Morgan fingerprint density at radius 1 is 0.812 bits per heavy atom. The van der Waals surface area contributed by atoms with Gasteiger partial charge in [-0.2, -0.15) is 10.2 Å². The number of carbonyl (C=O) groups is 1. The van der Waals surface area contributed by atoms with Crippen molar-refractivity contribution >= 4 is 40.8 Å². The number of carbonyl (C=O) groups excluding carboxylic acids is 1. The van der Waals surface area contributed by atoms with Crippen LogP contribution in [0, 0.1) is 19.8 Å². The zero-order valence-corrected chi connectivity index (χ0v) is 29.5. The molecule has 3 N–H and O–H groups in total. The quantitative estimate of drug-likeness (QED) is 0.150. The summed E-state index contributed by atoms with van der Waals surface area (Å²) in [4.78, 5) is 27.8. The number of aromatic nitrogens is 6. The molecule has 1 fully saturated rings. The van der Waals surface area contributed by atoms with Crippen LogP contribution in [0.1, 0.15) is 53.9 Å². The lowest BCUT2D eigenvalue weighted by Gasteiger charge is -2.34. The Balaban J connectivity index is 0.000000219. The Kier molecular flexibility index (Phi) is 13.5. The summed E-state index contributed by atoms with van der Waals surface area (Å²) in [5, 5.41) is 17.4. The molecule has 0 aliphatic carbocycles. The highest BCUT2D eigenvalue weighted by Gasteiger charge is 2.22. The Hall–Kier alpha value is -4.74. The molecule has 1 saturated heterocycles. The number of aryl methyl sites for hydroxylation is 2. The van der Waals surface area contributed by atoms with E-state index in [9.17, 15) is 4.79 Å². The van der Waals surface area contributed by atoms with Gasteiger partial charge in [0, 0.05) is 68.9 Å². The summed E-state index contributed by atoms with van der Waals surface area (Å²) < 4.78 is 0. The largest absolute Gasteiger partial charge is 0.336 e. The summed E-state index contributed by atoms with van der Waals surface area (Å²) in [6.07, 6.45) is 0. The highest BCUT2D eigenvalue weighted by atomic mass is 35.5. The first kappa shape index (κ1) is 36.1. The van der Waals surface area contributed by atoms with Crippen LogP contribution in [0.5, 0.6) is 0 Å². The molecule has 1 aromatic carbocycles. The second kappa shape index (κ2) is 18.0. The molecular weight excluding hydrogens is 624 g/mol. The molecule has 1 aliphatic rings. The molecule has 48 heavy (non-hydrogen) atoms. The number of halogens is 1. The summed E-state index contributed by atoms with van der Waals surface area (Å²) in [5.74, 6) is 4.58. The number of pyridine rings is 2. The van der Waals surface area contributed by atoms with Crippen molar-refractivity contribution in [1.82, 2.24) is 40.2 Å². The topological polar surface area (TPSA) is 122 Å². The minimum atomic E-state index is 0.110. The van der Waals surface area contributed by atoms with Crippen LogP contribution in [0.15, 0.2) is 78.9 Å². The summed E-state index contributed by atoms with van der Waals surface area (Å²) in [5.41, 5.74) is 4.64. The lowest BCUT2D eigenvalue weighted by molar-refractivity contribution is 0.0627. The van der Waals surface area contributed by atoms with Crippen molar-refractivity contribution in [2.24, 2.45) is 5.92 Å². The van der Waals surface area contributed by atoms with E-state index in [2.05, 4.69) is 61.4 Å². The number of aromatic amines is 2. The van der Waals surface area contributed by atoms with Crippen molar-refractivity contribution in [2.45, 2.75) is 47.0 Å². The van der Waals surface area contributed by atoms with Gasteiger partial charge in [-0.1, -0.05) is 51.1 Å². The zero-order valence-electron chi connectivity index (χ0n) is 28.7. The third kappa shape index (κ3) is 11.2. The molecule has 0 spiro atoms. The van der Waals surface area contributed by atoms with E-state index in [1.54, 1.807) is 0 Å². The van der Waals surface area contributed by atoms with Crippen molar-refractivity contribution in [3.63, 3.8) is 0 Å². The van der Waals surface area contributed by atoms with Crippen LogP contribution in [-0.2, 0) is 12.4 Å². The van der Waals surface area contributed by atoms with E-state index in [-0.39, 0.29) is 5.91 Å². The predicted octanol–water partition coefficient (Wildman–Crippen LogP) is 7.10. The SMILES string of the molecule is CC(C)C.Cc1cc(N(C)c2cccc(CCl)n2)n[nH]1.Cc1cc(Nc2cccc(CN3CCN(C(=O)c4ccccc4)CC3)n2)n[nH]1. The standard InChI is InChI=1S/C21H24N6O.C11H13ClN4.C4H10/c1-16-14-20(25-24-16)23-19-9-5-8-18(22-19)15-26-10-12-27(13-11-26)21(28)17-6-3-2-4-7-17;1-8-6-11(15-14-8)16(2)10-5-3-4-9(7-12)13-10;1-4(2)3/h2-9,14H,10-13,15H2,1H3,(H2,22,23,24,25);3-6H,7H2,1-2H3,(H,14,15);4H,1-3H3. The number of nitrogens with zero attached hydrogens (tertiary/aromatic N) is 7. The van der Waals surface area contributed by atoms with E-state index in [1.165, 1.54) is 0 Å².